The second-order valence-corrected chi connectivity index (χ2v) is 5.32. The van der Waals surface area contributed by atoms with Crippen LogP contribution in [-0.2, 0) is 20.0 Å². The van der Waals surface area contributed by atoms with Crippen LogP contribution in [0.3, 0.4) is 0 Å². The zero-order valence-corrected chi connectivity index (χ0v) is 13.2. The Hall–Kier alpha value is -2.89. The van der Waals surface area contributed by atoms with Gasteiger partial charge in [-0.05, 0) is 12.0 Å². The first-order valence-electron chi connectivity index (χ1n) is 7.57. The maximum Gasteiger partial charge on any atom is 0.260 e. The number of anilines is 1. The van der Waals surface area contributed by atoms with Crippen LogP contribution in [0.1, 0.15) is 28.5 Å². The molecule has 3 rings (SSSR count). The van der Waals surface area contributed by atoms with Crippen molar-refractivity contribution in [2.24, 2.45) is 7.05 Å². The number of benzene rings is 1. The van der Waals surface area contributed by atoms with E-state index in [1.54, 1.807) is 21.6 Å². The monoisotopic (exact) mass is 309 g/mol. The third-order valence-corrected chi connectivity index (χ3v) is 3.71. The molecule has 2 aromatic heterocycles. The molecule has 0 radical (unpaired) electrons. The molecule has 1 N–H and O–H groups in total. The number of carbonyl (C=O) groups is 1. The minimum absolute atomic E-state index is 0.181. The molecular formula is C17H19N5O. The van der Waals surface area contributed by atoms with E-state index in [0.717, 1.165) is 17.7 Å². The van der Waals surface area contributed by atoms with Crippen LogP contribution >= 0.6 is 0 Å². The first-order chi connectivity index (χ1) is 11.2. The number of hydrogen-bond donors (Lipinski definition) is 1. The van der Waals surface area contributed by atoms with E-state index in [4.69, 9.17) is 0 Å². The fourth-order valence-electron chi connectivity index (χ4n) is 2.54. The van der Waals surface area contributed by atoms with E-state index in [0.29, 0.717) is 17.9 Å². The summed E-state index contributed by atoms with van der Waals surface area (Å²) in [5, 5.41) is 11.4. The third-order valence-electron chi connectivity index (χ3n) is 3.71. The van der Waals surface area contributed by atoms with Crippen LogP contribution in [0.25, 0.3) is 0 Å². The molecule has 0 unspecified atom stereocenters. The molecule has 23 heavy (non-hydrogen) atoms. The average molecular weight is 309 g/mol. The number of nitrogens with one attached hydrogen (secondary N) is 1. The number of hydrogen-bond acceptors (Lipinski definition) is 3. The standard InChI is InChI=1S/C17H19N5O/c1-3-15-14(11-18-21(15)2)17(23)19-16-9-10-22(20-16)12-13-7-5-4-6-8-13/h4-11H,3,12H2,1-2H3,(H,19,20,23). The molecule has 0 aliphatic rings. The number of rotatable bonds is 5. The van der Waals surface area contributed by atoms with Gasteiger partial charge in [-0.2, -0.15) is 10.2 Å². The lowest BCUT2D eigenvalue weighted by Gasteiger charge is -2.04. The van der Waals surface area contributed by atoms with Gasteiger partial charge in [0.2, 0.25) is 0 Å². The van der Waals surface area contributed by atoms with Gasteiger partial charge in [-0.1, -0.05) is 37.3 Å². The summed E-state index contributed by atoms with van der Waals surface area (Å²) in [4.78, 5) is 12.4. The van der Waals surface area contributed by atoms with E-state index < -0.39 is 0 Å². The Balaban J connectivity index is 1.70. The molecule has 2 heterocycles. The highest BCUT2D eigenvalue weighted by Gasteiger charge is 2.15. The summed E-state index contributed by atoms with van der Waals surface area (Å²) in [5.41, 5.74) is 2.66. The van der Waals surface area contributed by atoms with Crippen molar-refractivity contribution in [3.63, 3.8) is 0 Å². The van der Waals surface area contributed by atoms with Crippen molar-refractivity contribution in [2.75, 3.05) is 5.32 Å². The maximum absolute atomic E-state index is 12.4. The number of nitrogens with zero attached hydrogens (tertiary/aromatic N) is 4. The molecule has 0 saturated heterocycles. The molecule has 0 saturated carbocycles. The fourth-order valence-corrected chi connectivity index (χ4v) is 2.54. The predicted octanol–water partition coefficient (Wildman–Crippen LogP) is 2.48. The fraction of sp³-hybridized carbons (Fsp3) is 0.235. The van der Waals surface area contributed by atoms with Crippen molar-refractivity contribution in [3.05, 3.63) is 65.6 Å². The van der Waals surface area contributed by atoms with E-state index in [-0.39, 0.29) is 5.91 Å². The summed E-state index contributed by atoms with van der Waals surface area (Å²) in [6.07, 6.45) is 4.20. The molecule has 6 heteroatoms. The summed E-state index contributed by atoms with van der Waals surface area (Å²) in [7, 11) is 1.84. The molecule has 1 amide bonds. The van der Waals surface area contributed by atoms with E-state index in [2.05, 4.69) is 15.5 Å². The lowest BCUT2D eigenvalue weighted by atomic mass is 10.2. The minimum Gasteiger partial charge on any atom is -0.305 e. The Morgan fingerprint density at radius 2 is 2.00 bits per heavy atom. The smallest absolute Gasteiger partial charge is 0.260 e. The van der Waals surface area contributed by atoms with Gasteiger partial charge in [0, 0.05) is 19.3 Å². The zero-order chi connectivity index (χ0) is 16.2. The van der Waals surface area contributed by atoms with Crippen molar-refractivity contribution in [3.8, 4) is 0 Å². The first-order valence-corrected chi connectivity index (χ1v) is 7.57. The number of aryl methyl sites for hydroxylation is 1. The predicted molar refractivity (Wildman–Crippen MR) is 88.3 cm³/mol. The van der Waals surface area contributed by atoms with Crippen molar-refractivity contribution in [1.82, 2.24) is 19.6 Å². The van der Waals surface area contributed by atoms with Gasteiger partial charge in [0.15, 0.2) is 5.82 Å². The van der Waals surface area contributed by atoms with Gasteiger partial charge in [0.25, 0.3) is 5.91 Å². The largest absolute Gasteiger partial charge is 0.305 e. The minimum atomic E-state index is -0.181. The number of amides is 1. The lowest BCUT2D eigenvalue weighted by molar-refractivity contribution is 0.102. The normalized spacial score (nSPS) is 10.7. The van der Waals surface area contributed by atoms with Crippen LogP contribution < -0.4 is 5.32 Å². The van der Waals surface area contributed by atoms with E-state index >= 15 is 0 Å². The van der Waals surface area contributed by atoms with Crippen LogP contribution in [0.15, 0.2) is 48.8 Å². The highest BCUT2D eigenvalue weighted by atomic mass is 16.1. The number of carbonyl (C=O) groups excluding carboxylic acids is 1. The SMILES string of the molecule is CCc1c(C(=O)Nc2ccn(Cc3ccccc3)n2)cnn1C. The molecule has 0 spiro atoms. The van der Waals surface area contributed by atoms with Gasteiger partial charge in [-0.3, -0.25) is 14.2 Å². The van der Waals surface area contributed by atoms with Crippen molar-refractivity contribution >= 4 is 11.7 Å². The Morgan fingerprint density at radius 1 is 1.22 bits per heavy atom. The average Bonchev–Trinajstić information content (AvgIpc) is 3.14. The summed E-state index contributed by atoms with van der Waals surface area (Å²) in [6.45, 7) is 2.67. The summed E-state index contributed by atoms with van der Waals surface area (Å²) in [5.74, 6) is 0.358. The zero-order valence-electron chi connectivity index (χ0n) is 13.2. The first kappa shape index (κ1) is 15.0. The molecule has 1 aromatic carbocycles. The van der Waals surface area contributed by atoms with E-state index in [1.807, 2.05) is 50.5 Å². The third kappa shape index (κ3) is 3.31. The lowest BCUT2D eigenvalue weighted by Crippen LogP contribution is -2.14. The van der Waals surface area contributed by atoms with Gasteiger partial charge >= 0.3 is 0 Å². The second kappa shape index (κ2) is 6.48. The summed E-state index contributed by atoms with van der Waals surface area (Å²) < 4.78 is 3.53. The molecular weight excluding hydrogens is 290 g/mol. The molecule has 6 nitrogen and oxygen atoms in total. The molecule has 0 aliphatic heterocycles. The molecule has 0 aliphatic carbocycles. The quantitative estimate of drug-likeness (QED) is 0.787. The van der Waals surface area contributed by atoms with Gasteiger partial charge < -0.3 is 5.32 Å². The van der Waals surface area contributed by atoms with E-state index in [1.165, 1.54) is 0 Å². The van der Waals surface area contributed by atoms with Crippen LogP contribution in [0, 0.1) is 0 Å². The van der Waals surface area contributed by atoms with Crippen molar-refractivity contribution < 1.29 is 4.79 Å². The van der Waals surface area contributed by atoms with Crippen molar-refractivity contribution in [2.45, 2.75) is 19.9 Å². The topological polar surface area (TPSA) is 64.7 Å². The molecule has 0 bridgehead atoms. The Labute approximate surface area is 134 Å². The number of aromatic nitrogens is 4. The van der Waals surface area contributed by atoms with Gasteiger partial charge in [-0.25, -0.2) is 0 Å². The highest BCUT2D eigenvalue weighted by Crippen LogP contribution is 2.12. The summed E-state index contributed by atoms with van der Waals surface area (Å²) >= 11 is 0. The second-order valence-electron chi connectivity index (χ2n) is 5.32. The Morgan fingerprint density at radius 3 is 2.74 bits per heavy atom. The van der Waals surface area contributed by atoms with Crippen LogP contribution in [0.5, 0.6) is 0 Å². The van der Waals surface area contributed by atoms with Crippen LogP contribution in [0.4, 0.5) is 5.82 Å². The van der Waals surface area contributed by atoms with Gasteiger partial charge in [0.1, 0.15) is 0 Å². The molecule has 0 atom stereocenters. The molecule has 3 aromatic rings. The highest BCUT2D eigenvalue weighted by molar-refractivity contribution is 6.04. The Bertz CT molecular complexity index is 804. The van der Waals surface area contributed by atoms with Crippen molar-refractivity contribution in [1.29, 1.82) is 0 Å². The Kier molecular flexibility index (Phi) is 4.23. The maximum atomic E-state index is 12.4. The molecule has 118 valence electrons. The van der Waals surface area contributed by atoms with Gasteiger partial charge in [0.05, 0.1) is 24.0 Å². The van der Waals surface area contributed by atoms with Crippen LogP contribution in [0.2, 0.25) is 0 Å². The van der Waals surface area contributed by atoms with Crippen LogP contribution in [-0.4, -0.2) is 25.5 Å². The van der Waals surface area contributed by atoms with Gasteiger partial charge in [-0.15, -0.1) is 0 Å². The molecule has 0 fully saturated rings. The summed E-state index contributed by atoms with van der Waals surface area (Å²) in [6, 6.07) is 11.9. The van der Waals surface area contributed by atoms with E-state index in [9.17, 15) is 4.79 Å².